The van der Waals surface area contributed by atoms with E-state index in [1.54, 1.807) is 11.3 Å². The lowest BCUT2D eigenvalue weighted by Gasteiger charge is -2.16. The Balaban J connectivity index is 1.80. The Bertz CT molecular complexity index is 541. The van der Waals surface area contributed by atoms with Gasteiger partial charge in [0.1, 0.15) is 5.92 Å². The SMILES string of the molecule is Cc1csc(C)c1C1C(=O)[C@@H]2[C@H](C1=O)[C@H]1CC[C@@H]2O1. The molecule has 4 heteroatoms. The van der Waals surface area contributed by atoms with E-state index in [4.69, 9.17) is 4.74 Å². The summed E-state index contributed by atoms with van der Waals surface area (Å²) in [6.07, 6.45) is 1.91. The normalized spacial score (nSPS) is 40.2. The highest BCUT2D eigenvalue weighted by atomic mass is 32.1. The van der Waals surface area contributed by atoms with Crippen LogP contribution in [-0.4, -0.2) is 23.8 Å². The van der Waals surface area contributed by atoms with Crippen LogP contribution in [0.3, 0.4) is 0 Å². The third-order valence-corrected chi connectivity index (χ3v) is 6.05. The second kappa shape index (κ2) is 3.76. The molecular formula is C15H16O3S. The second-order valence-corrected chi connectivity index (χ2v) is 7.05. The first kappa shape index (κ1) is 11.8. The topological polar surface area (TPSA) is 43.4 Å². The van der Waals surface area contributed by atoms with E-state index in [0.717, 1.165) is 28.8 Å². The van der Waals surface area contributed by atoms with E-state index in [9.17, 15) is 9.59 Å². The van der Waals surface area contributed by atoms with Crippen molar-refractivity contribution >= 4 is 22.9 Å². The van der Waals surface area contributed by atoms with Crippen LogP contribution in [0, 0.1) is 25.7 Å². The number of hydrogen-bond donors (Lipinski definition) is 0. The molecule has 3 aliphatic rings. The molecule has 2 saturated heterocycles. The number of hydrogen-bond acceptors (Lipinski definition) is 4. The number of carbonyl (C=O) groups excluding carboxylic acids is 2. The maximum absolute atomic E-state index is 12.7. The van der Waals surface area contributed by atoms with Crippen molar-refractivity contribution in [1.82, 2.24) is 0 Å². The predicted octanol–water partition coefficient (Wildman–Crippen LogP) is 2.39. The molecule has 1 aromatic heterocycles. The number of ketones is 2. The highest BCUT2D eigenvalue weighted by Crippen LogP contribution is 2.53. The number of rotatable bonds is 1. The summed E-state index contributed by atoms with van der Waals surface area (Å²) < 4.78 is 5.77. The number of carbonyl (C=O) groups is 2. The summed E-state index contributed by atoms with van der Waals surface area (Å²) in [6.45, 7) is 4.01. The summed E-state index contributed by atoms with van der Waals surface area (Å²) >= 11 is 1.63. The molecule has 0 spiro atoms. The summed E-state index contributed by atoms with van der Waals surface area (Å²) in [4.78, 5) is 26.5. The average molecular weight is 276 g/mol. The fourth-order valence-corrected chi connectivity index (χ4v) is 5.11. The van der Waals surface area contributed by atoms with Crippen LogP contribution in [0.15, 0.2) is 5.38 Å². The van der Waals surface area contributed by atoms with Gasteiger partial charge in [-0.1, -0.05) is 0 Å². The first-order valence-electron chi connectivity index (χ1n) is 6.87. The van der Waals surface area contributed by atoms with E-state index >= 15 is 0 Å². The molecule has 2 aliphatic heterocycles. The van der Waals surface area contributed by atoms with Crippen molar-refractivity contribution in [2.24, 2.45) is 11.8 Å². The molecule has 1 unspecified atom stereocenters. The fourth-order valence-electron chi connectivity index (χ4n) is 4.22. The van der Waals surface area contributed by atoms with Crippen molar-refractivity contribution in [3.05, 3.63) is 21.4 Å². The van der Waals surface area contributed by atoms with E-state index in [-0.39, 0.29) is 35.6 Å². The van der Waals surface area contributed by atoms with Crippen molar-refractivity contribution in [3.63, 3.8) is 0 Å². The van der Waals surface area contributed by atoms with Crippen LogP contribution < -0.4 is 0 Å². The predicted molar refractivity (Wildman–Crippen MR) is 71.4 cm³/mol. The average Bonchev–Trinajstić information content (AvgIpc) is 3.10. The van der Waals surface area contributed by atoms with Gasteiger partial charge in [0.05, 0.1) is 24.0 Å². The number of Topliss-reactive ketones (excluding diaryl/α,β-unsaturated/α-hetero) is 2. The van der Waals surface area contributed by atoms with E-state index in [1.807, 2.05) is 19.2 Å². The zero-order valence-corrected chi connectivity index (χ0v) is 11.8. The number of ether oxygens (including phenoxy) is 1. The van der Waals surface area contributed by atoms with Crippen LogP contribution in [-0.2, 0) is 14.3 Å². The van der Waals surface area contributed by atoms with Crippen LogP contribution in [0.2, 0.25) is 0 Å². The molecule has 4 rings (SSSR count). The Hall–Kier alpha value is -1.00. The number of aryl methyl sites for hydroxylation is 2. The van der Waals surface area contributed by atoms with Gasteiger partial charge in [0.15, 0.2) is 11.6 Å². The maximum atomic E-state index is 12.7. The highest BCUT2D eigenvalue weighted by Gasteiger charge is 2.63. The summed E-state index contributed by atoms with van der Waals surface area (Å²) in [5, 5.41) is 2.05. The molecule has 1 saturated carbocycles. The minimum atomic E-state index is -0.506. The quantitative estimate of drug-likeness (QED) is 0.740. The van der Waals surface area contributed by atoms with Gasteiger partial charge in [-0.25, -0.2) is 0 Å². The van der Waals surface area contributed by atoms with Crippen LogP contribution in [0.1, 0.15) is 34.8 Å². The highest BCUT2D eigenvalue weighted by molar-refractivity contribution is 7.10. The third-order valence-electron chi connectivity index (χ3n) is 5.00. The van der Waals surface area contributed by atoms with Crippen molar-refractivity contribution in [2.75, 3.05) is 0 Å². The summed E-state index contributed by atoms with van der Waals surface area (Å²) in [6, 6.07) is 0. The summed E-state index contributed by atoms with van der Waals surface area (Å²) in [7, 11) is 0. The van der Waals surface area contributed by atoms with Crippen LogP contribution >= 0.6 is 11.3 Å². The van der Waals surface area contributed by atoms with Gasteiger partial charge in [0.2, 0.25) is 0 Å². The molecule has 3 nitrogen and oxygen atoms in total. The molecular weight excluding hydrogens is 260 g/mol. The van der Waals surface area contributed by atoms with Gasteiger partial charge in [-0.05, 0) is 43.2 Å². The van der Waals surface area contributed by atoms with Gasteiger partial charge in [-0.15, -0.1) is 11.3 Å². The molecule has 5 atom stereocenters. The standard InChI is InChI=1S/C15H16O3S/c1-6-5-19-7(2)10(6)13-14(16)11-8-3-4-9(18-8)12(11)15(13)17/h5,8-9,11-13H,3-4H2,1-2H3/t8-,9+,11-,12+,13?. The molecule has 0 radical (unpaired) electrons. The van der Waals surface area contributed by atoms with E-state index in [0.29, 0.717) is 0 Å². The lowest BCUT2D eigenvalue weighted by Crippen LogP contribution is -2.29. The minimum Gasteiger partial charge on any atom is -0.373 e. The van der Waals surface area contributed by atoms with Gasteiger partial charge in [0.25, 0.3) is 0 Å². The van der Waals surface area contributed by atoms with Crippen molar-refractivity contribution in [2.45, 2.75) is 44.8 Å². The lowest BCUT2D eigenvalue weighted by molar-refractivity contribution is -0.127. The maximum Gasteiger partial charge on any atom is 0.154 e. The van der Waals surface area contributed by atoms with Crippen molar-refractivity contribution < 1.29 is 14.3 Å². The zero-order valence-electron chi connectivity index (χ0n) is 11.0. The summed E-state index contributed by atoms with van der Waals surface area (Å²) in [5.74, 6) is -0.586. The van der Waals surface area contributed by atoms with Crippen molar-refractivity contribution in [3.8, 4) is 0 Å². The Morgan fingerprint density at radius 2 is 1.68 bits per heavy atom. The Morgan fingerprint density at radius 1 is 1.11 bits per heavy atom. The van der Waals surface area contributed by atoms with Gasteiger partial charge >= 0.3 is 0 Å². The Morgan fingerprint density at radius 3 is 2.16 bits per heavy atom. The first-order chi connectivity index (χ1) is 9.09. The smallest absolute Gasteiger partial charge is 0.154 e. The molecule has 100 valence electrons. The molecule has 0 N–H and O–H groups in total. The lowest BCUT2D eigenvalue weighted by atomic mass is 9.81. The minimum absolute atomic E-state index is 0.00991. The molecule has 0 aromatic carbocycles. The molecule has 0 amide bonds. The molecule has 2 bridgehead atoms. The molecule has 3 heterocycles. The number of thiophene rings is 1. The van der Waals surface area contributed by atoms with Gasteiger partial charge in [-0.2, -0.15) is 0 Å². The monoisotopic (exact) mass is 276 g/mol. The van der Waals surface area contributed by atoms with Gasteiger partial charge in [-0.3, -0.25) is 9.59 Å². The third kappa shape index (κ3) is 1.36. The second-order valence-electron chi connectivity index (χ2n) is 5.97. The van der Waals surface area contributed by atoms with E-state index < -0.39 is 5.92 Å². The van der Waals surface area contributed by atoms with Crippen LogP contribution in [0.25, 0.3) is 0 Å². The molecule has 3 fully saturated rings. The van der Waals surface area contributed by atoms with Gasteiger partial charge < -0.3 is 4.74 Å². The molecule has 19 heavy (non-hydrogen) atoms. The number of fused-ring (bicyclic) bond motifs is 5. The van der Waals surface area contributed by atoms with E-state index in [2.05, 4.69) is 0 Å². The van der Waals surface area contributed by atoms with Crippen LogP contribution in [0.5, 0.6) is 0 Å². The molecule has 1 aromatic rings. The summed E-state index contributed by atoms with van der Waals surface area (Å²) in [5.41, 5.74) is 2.07. The van der Waals surface area contributed by atoms with Crippen molar-refractivity contribution in [1.29, 1.82) is 0 Å². The first-order valence-corrected chi connectivity index (χ1v) is 7.75. The largest absolute Gasteiger partial charge is 0.373 e. The fraction of sp³-hybridized carbons (Fsp3) is 0.600. The van der Waals surface area contributed by atoms with Crippen LogP contribution in [0.4, 0.5) is 0 Å². The van der Waals surface area contributed by atoms with E-state index in [1.165, 1.54) is 0 Å². The molecule has 1 aliphatic carbocycles. The Kier molecular flexibility index (Phi) is 2.34. The van der Waals surface area contributed by atoms with Gasteiger partial charge in [0, 0.05) is 4.88 Å². The zero-order chi connectivity index (χ0) is 13.3. The Labute approximate surface area is 116 Å².